The van der Waals surface area contributed by atoms with Gasteiger partial charge in [-0.25, -0.2) is 0 Å². The molecule has 0 amide bonds. The number of nitrogens with zero attached hydrogens (tertiary/aromatic N) is 2. The second kappa shape index (κ2) is 7.61. The van der Waals surface area contributed by atoms with Crippen molar-refractivity contribution in [3.63, 3.8) is 0 Å². The van der Waals surface area contributed by atoms with Gasteiger partial charge in [-0.1, -0.05) is 19.8 Å². The number of hydrogen-bond acceptors (Lipinski definition) is 3. The van der Waals surface area contributed by atoms with Gasteiger partial charge in [-0.05, 0) is 65.3 Å². The van der Waals surface area contributed by atoms with Crippen LogP contribution in [0.4, 0.5) is 0 Å². The summed E-state index contributed by atoms with van der Waals surface area (Å²) < 4.78 is 0. The zero-order valence-corrected chi connectivity index (χ0v) is 13.2. The van der Waals surface area contributed by atoms with E-state index in [0.29, 0.717) is 0 Å². The molecular formula is C16H33N3. The highest BCUT2D eigenvalue weighted by molar-refractivity contribution is 4.85. The summed E-state index contributed by atoms with van der Waals surface area (Å²) in [6.45, 7) is 7.31. The molecule has 1 saturated carbocycles. The van der Waals surface area contributed by atoms with E-state index in [4.69, 9.17) is 0 Å². The molecule has 2 unspecified atom stereocenters. The fourth-order valence-electron chi connectivity index (χ4n) is 3.91. The molecule has 0 spiro atoms. The average Bonchev–Trinajstić information content (AvgIpc) is 2.42. The summed E-state index contributed by atoms with van der Waals surface area (Å²) in [5.41, 5.74) is 0. The van der Waals surface area contributed by atoms with E-state index in [1.807, 2.05) is 0 Å². The molecule has 2 atom stereocenters. The van der Waals surface area contributed by atoms with Crippen molar-refractivity contribution in [2.24, 2.45) is 5.92 Å². The Morgan fingerprint density at radius 2 is 1.74 bits per heavy atom. The number of hydrogen-bond donors (Lipinski definition) is 1. The van der Waals surface area contributed by atoms with Crippen LogP contribution in [0.5, 0.6) is 0 Å². The van der Waals surface area contributed by atoms with Crippen LogP contribution in [-0.4, -0.2) is 62.2 Å². The Morgan fingerprint density at radius 1 is 1.05 bits per heavy atom. The molecule has 19 heavy (non-hydrogen) atoms. The van der Waals surface area contributed by atoms with Crippen LogP contribution in [0.15, 0.2) is 0 Å². The smallest absolute Gasteiger partial charge is 0.0113 e. The Bertz CT molecular complexity index is 244. The quantitative estimate of drug-likeness (QED) is 0.824. The van der Waals surface area contributed by atoms with E-state index in [2.05, 4.69) is 36.1 Å². The minimum Gasteiger partial charge on any atom is -0.314 e. The molecule has 1 N–H and O–H groups in total. The van der Waals surface area contributed by atoms with Crippen molar-refractivity contribution >= 4 is 0 Å². The fourth-order valence-corrected chi connectivity index (χ4v) is 3.91. The molecule has 2 aliphatic rings. The second-order valence-corrected chi connectivity index (χ2v) is 6.70. The SMILES string of the molecule is CCNC1CCCCC1CN1CCC(N(C)C)CC1. The maximum absolute atomic E-state index is 3.72. The lowest BCUT2D eigenvalue weighted by Gasteiger charge is -2.40. The molecule has 2 fully saturated rings. The number of likely N-dealkylation sites (tertiary alicyclic amines) is 1. The first-order valence-corrected chi connectivity index (χ1v) is 8.33. The summed E-state index contributed by atoms with van der Waals surface area (Å²) in [5.74, 6) is 0.893. The molecule has 0 aromatic rings. The first-order chi connectivity index (χ1) is 9.20. The van der Waals surface area contributed by atoms with Crippen molar-refractivity contribution in [1.82, 2.24) is 15.1 Å². The Kier molecular flexibility index (Phi) is 6.11. The fraction of sp³-hybridized carbons (Fsp3) is 1.00. The lowest BCUT2D eigenvalue weighted by atomic mass is 9.83. The molecule has 1 heterocycles. The molecular weight excluding hydrogens is 234 g/mol. The first-order valence-electron chi connectivity index (χ1n) is 8.33. The summed E-state index contributed by atoms with van der Waals surface area (Å²) >= 11 is 0. The van der Waals surface area contributed by atoms with Crippen LogP contribution in [-0.2, 0) is 0 Å². The van der Waals surface area contributed by atoms with Crippen LogP contribution in [0.2, 0.25) is 0 Å². The minimum absolute atomic E-state index is 0.783. The van der Waals surface area contributed by atoms with E-state index < -0.39 is 0 Å². The zero-order chi connectivity index (χ0) is 13.7. The minimum atomic E-state index is 0.783. The number of piperidine rings is 1. The number of nitrogens with one attached hydrogen (secondary N) is 1. The Balaban J connectivity index is 1.77. The van der Waals surface area contributed by atoms with Crippen molar-refractivity contribution < 1.29 is 0 Å². The van der Waals surface area contributed by atoms with Crippen molar-refractivity contribution in [3.8, 4) is 0 Å². The summed E-state index contributed by atoms with van der Waals surface area (Å²) in [4.78, 5) is 5.12. The van der Waals surface area contributed by atoms with Gasteiger partial charge in [0, 0.05) is 18.6 Å². The Morgan fingerprint density at radius 3 is 2.37 bits per heavy atom. The highest BCUT2D eigenvalue weighted by atomic mass is 15.2. The molecule has 0 bridgehead atoms. The van der Waals surface area contributed by atoms with Gasteiger partial charge in [0.25, 0.3) is 0 Å². The van der Waals surface area contributed by atoms with Crippen LogP contribution in [0, 0.1) is 5.92 Å². The third-order valence-corrected chi connectivity index (χ3v) is 5.16. The molecule has 1 aliphatic heterocycles. The largest absolute Gasteiger partial charge is 0.314 e. The maximum atomic E-state index is 3.72. The second-order valence-electron chi connectivity index (χ2n) is 6.70. The first kappa shape index (κ1) is 15.3. The van der Waals surface area contributed by atoms with Gasteiger partial charge < -0.3 is 15.1 Å². The van der Waals surface area contributed by atoms with E-state index in [1.54, 1.807) is 0 Å². The summed E-state index contributed by atoms with van der Waals surface area (Å²) in [7, 11) is 4.45. The Hall–Kier alpha value is -0.120. The van der Waals surface area contributed by atoms with E-state index in [1.165, 1.54) is 58.2 Å². The summed E-state index contributed by atoms with van der Waals surface area (Å²) in [5, 5.41) is 3.72. The van der Waals surface area contributed by atoms with Crippen molar-refractivity contribution in [2.75, 3.05) is 40.3 Å². The molecule has 1 aliphatic carbocycles. The lowest BCUT2D eigenvalue weighted by molar-refractivity contribution is 0.110. The predicted molar refractivity (Wildman–Crippen MR) is 82.6 cm³/mol. The van der Waals surface area contributed by atoms with E-state index in [9.17, 15) is 0 Å². The van der Waals surface area contributed by atoms with Gasteiger partial charge in [0.05, 0.1) is 0 Å². The van der Waals surface area contributed by atoms with Crippen LogP contribution < -0.4 is 5.32 Å². The lowest BCUT2D eigenvalue weighted by Crippen LogP contribution is -2.48. The standard InChI is InChI=1S/C16H33N3/c1-4-17-16-8-6-5-7-14(16)13-19-11-9-15(10-12-19)18(2)3/h14-17H,4-13H2,1-3H3. The van der Waals surface area contributed by atoms with Gasteiger partial charge in [0.1, 0.15) is 0 Å². The van der Waals surface area contributed by atoms with Crippen molar-refractivity contribution in [3.05, 3.63) is 0 Å². The summed E-state index contributed by atoms with van der Waals surface area (Å²) in [6.07, 6.45) is 8.41. The van der Waals surface area contributed by atoms with Gasteiger partial charge >= 0.3 is 0 Å². The third kappa shape index (κ3) is 4.44. The van der Waals surface area contributed by atoms with E-state index >= 15 is 0 Å². The molecule has 0 aromatic carbocycles. The molecule has 3 heteroatoms. The van der Waals surface area contributed by atoms with E-state index in [0.717, 1.165) is 24.5 Å². The van der Waals surface area contributed by atoms with Gasteiger partial charge in [-0.2, -0.15) is 0 Å². The molecule has 0 radical (unpaired) electrons. The highest BCUT2D eigenvalue weighted by Gasteiger charge is 2.28. The van der Waals surface area contributed by atoms with Crippen molar-refractivity contribution in [2.45, 2.75) is 57.5 Å². The van der Waals surface area contributed by atoms with E-state index in [-0.39, 0.29) is 0 Å². The van der Waals surface area contributed by atoms with Gasteiger partial charge in [-0.3, -0.25) is 0 Å². The molecule has 112 valence electrons. The normalized spacial score (nSPS) is 30.9. The van der Waals surface area contributed by atoms with Gasteiger partial charge in [-0.15, -0.1) is 0 Å². The van der Waals surface area contributed by atoms with Crippen LogP contribution in [0.25, 0.3) is 0 Å². The van der Waals surface area contributed by atoms with Crippen LogP contribution in [0.3, 0.4) is 0 Å². The Labute approximate surface area is 119 Å². The highest BCUT2D eigenvalue weighted by Crippen LogP contribution is 2.26. The molecule has 1 saturated heterocycles. The van der Waals surface area contributed by atoms with Crippen molar-refractivity contribution in [1.29, 1.82) is 0 Å². The van der Waals surface area contributed by atoms with Gasteiger partial charge in [0.15, 0.2) is 0 Å². The van der Waals surface area contributed by atoms with Crippen LogP contribution in [0.1, 0.15) is 45.4 Å². The summed E-state index contributed by atoms with van der Waals surface area (Å²) in [6, 6.07) is 1.59. The average molecular weight is 267 g/mol. The maximum Gasteiger partial charge on any atom is 0.0113 e. The predicted octanol–water partition coefficient (Wildman–Crippen LogP) is 2.18. The topological polar surface area (TPSA) is 18.5 Å². The zero-order valence-electron chi connectivity index (χ0n) is 13.2. The molecule has 0 aromatic heterocycles. The monoisotopic (exact) mass is 267 g/mol. The number of rotatable bonds is 5. The van der Waals surface area contributed by atoms with Gasteiger partial charge in [0.2, 0.25) is 0 Å². The van der Waals surface area contributed by atoms with Crippen LogP contribution >= 0.6 is 0 Å². The molecule has 2 rings (SSSR count). The third-order valence-electron chi connectivity index (χ3n) is 5.16. The molecule has 3 nitrogen and oxygen atoms in total.